The summed E-state index contributed by atoms with van der Waals surface area (Å²) in [6, 6.07) is 39.0. The zero-order valence-electron chi connectivity index (χ0n) is 15.9. The third-order valence-corrected chi connectivity index (χ3v) is 7.81. The molecule has 28 heavy (non-hydrogen) atoms. The number of rotatable bonds is 7. The molecule has 0 N–H and O–H groups in total. The van der Waals surface area contributed by atoms with Gasteiger partial charge in [0.1, 0.15) is 0 Å². The van der Waals surface area contributed by atoms with Crippen LogP contribution < -0.4 is 10.6 Å². The smallest absolute Gasteiger partial charge is 0.0483 e. The lowest BCUT2D eigenvalue weighted by molar-refractivity contribution is 0.775. The van der Waals surface area contributed by atoms with Crippen LogP contribution in [-0.2, 0) is 6.42 Å². The van der Waals surface area contributed by atoms with Gasteiger partial charge in [-0.1, -0.05) is 97.1 Å². The highest BCUT2D eigenvalue weighted by molar-refractivity contribution is 7.73. The second-order valence-electron chi connectivity index (χ2n) is 6.84. The second-order valence-corrected chi connectivity index (χ2v) is 9.23. The molecular formula is C26H24NP. The Morgan fingerprint density at radius 2 is 1.14 bits per heavy atom. The van der Waals surface area contributed by atoms with Crippen LogP contribution in [0.15, 0.2) is 115 Å². The van der Waals surface area contributed by atoms with Crippen LogP contribution in [0.2, 0.25) is 0 Å². The van der Waals surface area contributed by atoms with E-state index in [0.29, 0.717) is 5.66 Å². The molecule has 0 saturated heterocycles. The molecule has 0 saturated carbocycles. The van der Waals surface area contributed by atoms with Crippen LogP contribution in [0.4, 0.5) is 0 Å². The lowest BCUT2D eigenvalue weighted by Gasteiger charge is -2.28. The Balaban J connectivity index is 1.75. The molecule has 3 aromatic carbocycles. The van der Waals surface area contributed by atoms with E-state index in [9.17, 15) is 0 Å². The van der Waals surface area contributed by atoms with Crippen LogP contribution in [0.1, 0.15) is 23.3 Å². The van der Waals surface area contributed by atoms with Gasteiger partial charge in [0.2, 0.25) is 0 Å². The number of hydrogen-bond acceptors (Lipinski definition) is 1. The fourth-order valence-corrected chi connectivity index (χ4v) is 6.43. The minimum atomic E-state index is -0.549. The molecule has 1 unspecified atom stereocenters. The van der Waals surface area contributed by atoms with Crippen molar-refractivity contribution in [3.05, 3.63) is 127 Å². The van der Waals surface area contributed by atoms with Gasteiger partial charge < -0.3 is 0 Å². The maximum atomic E-state index is 4.78. The van der Waals surface area contributed by atoms with Crippen molar-refractivity contribution in [2.24, 2.45) is 0 Å². The van der Waals surface area contributed by atoms with Crippen molar-refractivity contribution in [2.75, 3.05) is 0 Å². The number of hydrogen-bond donors (Lipinski definition) is 0. The van der Waals surface area contributed by atoms with E-state index >= 15 is 0 Å². The molecule has 4 rings (SSSR count). The third-order valence-electron chi connectivity index (χ3n) is 4.96. The fourth-order valence-electron chi connectivity index (χ4n) is 3.62. The van der Waals surface area contributed by atoms with Crippen LogP contribution in [0.25, 0.3) is 0 Å². The molecule has 4 aromatic rings. The highest BCUT2D eigenvalue weighted by Crippen LogP contribution is 2.51. The van der Waals surface area contributed by atoms with Crippen molar-refractivity contribution >= 4 is 18.5 Å². The van der Waals surface area contributed by atoms with Gasteiger partial charge in [0.05, 0.1) is 0 Å². The van der Waals surface area contributed by atoms with E-state index < -0.39 is 7.92 Å². The number of aryl methyl sites for hydroxylation is 1. The van der Waals surface area contributed by atoms with E-state index in [1.54, 1.807) is 0 Å². The van der Waals surface area contributed by atoms with Crippen molar-refractivity contribution in [2.45, 2.75) is 18.5 Å². The molecule has 0 aliphatic heterocycles. The Labute approximate surface area is 168 Å². The summed E-state index contributed by atoms with van der Waals surface area (Å²) < 4.78 is 0. The van der Waals surface area contributed by atoms with E-state index in [2.05, 4.69) is 103 Å². The van der Waals surface area contributed by atoms with Crippen LogP contribution in [0, 0.1) is 0 Å². The fraction of sp³-hybridized carbons (Fsp3) is 0.115. The third kappa shape index (κ3) is 4.55. The Morgan fingerprint density at radius 1 is 0.607 bits per heavy atom. The highest BCUT2D eigenvalue weighted by Gasteiger charge is 2.26. The standard InChI is InChI=1S/C26H24NP/c1-4-12-22(13-5-1)19-20-26(25-18-10-11-21-27-25)28(23-14-6-2-7-15-23)24-16-8-3-9-17-24/h1-18,21,26H,19-20H2. The first-order valence-corrected chi connectivity index (χ1v) is 11.2. The van der Waals surface area contributed by atoms with Crippen molar-refractivity contribution in [1.82, 2.24) is 4.98 Å². The number of nitrogens with zero attached hydrogens (tertiary/aromatic N) is 1. The molecule has 1 aromatic heterocycles. The molecule has 2 heteroatoms. The summed E-state index contributed by atoms with van der Waals surface area (Å²) in [5.74, 6) is 0. The molecule has 138 valence electrons. The second kappa shape index (κ2) is 9.44. The summed E-state index contributed by atoms with van der Waals surface area (Å²) in [6.07, 6.45) is 4.06. The molecule has 0 spiro atoms. The summed E-state index contributed by atoms with van der Waals surface area (Å²) in [4.78, 5) is 4.78. The van der Waals surface area contributed by atoms with Crippen LogP contribution in [-0.4, -0.2) is 4.98 Å². The summed E-state index contributed by atoms with van der Waals surface area (Å²) in [6.45, 7) is 0. The molecule has 0 radical (unpaired) electrons. The van der Waals surface area contributed by atoms with Crippen molar-refractivity contribution < 1.29 is 0 Å². The number of aromatic nitrogens is 1. The summed E-state index contributed by atoms with van der Waals surface area (Å²) in [5, 5.41) is 2.82. The van der Waals surface area contributed by atoms with E-state index in [0.717, 1.165) is 12.8 Å². The van der Waals surface area contributed by atoms with Gasteiger partial charge in [0, 0.05) is 17.5 Å². The van der Waals surface area contributed by atoms with Crippen molar-refractivity contribution in [3.8, 4) is 0 Å². The van der Waals surface area contributed by atoms with Crippen LogP contribution >= 0.6 is 7.92 Å². The van der Waals surface area contributed by atoms with E-state index in [4.69, 9.17) is 4.98 Å². The molecule has 0 aliphatic carbocycles. The zero-order chi connectivity index (χ0) is 19.0. The maximum absolute atomic E-state index is 4.78. The van der Waals surface area contributed by atoms with Gasteiger partial charge in [0.15, 0.2) is 0 Å². The average Bonchev–Trinajstić information content (AvgIpc) is 2.79. The van der Waals surface area contributed by atoms with Gasteiger partial charge >= 0.3 is 0 Å². The Morgan fingerprint density at radius 3 is 1.68 bits per heavy atom. The van der Waals surface area contributed by atoms with Gasteiger partial charge in [-0.15, -0.1) is 0 Å². The summed E-state index contributed by atoms with van der Waals surface area (Å²) in [5.41, 5.74) is 2.96. The first-order chi connectivity index (χ1) is 13.9. The molecule has 0 fully saturated rings. The summed E-state index contributed by atoms with van der Waals surface area (Å²) >= 11 is 0. The monoisotopic (exact) mass is 381 g/mol. The minimum Gasteiger partial charge on any atom is -0.261 e. The number of pyridine rings is 1. The molecule has 0 bridgehead atoms. The number of benzene rings is 3. The van der Waals surface area contributed by atoms with Crippen LogP contribution in [0.5, 0.6) is 0 Å². The molecule has 0 amide bonds. The van der Waals surface area contributed by atoms with E-state index in [1.807, 2.05) is 12.3 Å². The predicted octanol–water partition coefficient (Wildman–Crippen LogP) is 5.89. The Hall–Kier alpha value is -2.76. The van der Waals surface area contributed by atoms with Gasteiger partial charge in [-0.05, 0) is 49.1 Å². The zero-order valence-corrected chi connectivity index (χ0v) is 16.8. The largest absolute Gasteiger partial charge is 0.261 e. The maximum Gasteiger partial charge on any atom is 0.0483 e. The predicted molar refractivity (Wildman–Crippen MR) is 121 cm³/mol. The highest BCUT2D eigenvalue weighted by atomic mass is 31.1. The normalized spacial score (nSPS) is 12.0. The molecular weight excluding hydrogens is 357 g/mol. The van der Waals surface area contributed by atoms with Crippen molar-refractivity contribution in [1.29, 1.82) is 0 Å². The van der Waals surface area contributed by atoms with Gasteiger partial charge in [-0.25, -0.2) is 0 Å². The molecule has 1 heterocycles. The van der Waals surface area contributed by atoms with Crippen molar-refractivity contribution in [3.63, 3.8) is 0 Å². The van der Waals surface area contributed by atoms with Gasteiger partial charge in [-0.3, -0.25) is 4.98 Å². The molecule has 0 aliphatic rings. The first-order valence-electron chi connectivity index (χ1n) is 9.76. The quantitative estimate of drug-likeness (QED) is 0.364. The van der Waals surface area contributed by atoms with Crippen LogP contribution in [0.3, 0.4) is 0 Å². The molecule has 1 atom stereocenters. The van der Waals surface area contributed by atoms with Gasteiger partial charge in [0.25, 0.3) is 0 Å². The Kier molecular flexibility index (Phi) is 6.27. The molecule has 1 nitrogen and oxygen atoms in total. The lowest BCUT2D eigenvalue weighted by Crippen LogP contribution is -2.18. The van der Waals surface area contributed by atoms with E-state index in [-0.39, 0.29) is 0 Å². The summed E-state index contributed by atoms with van der Waals surface area (Å²) in [7, 11) is -0.549. The minimum absolute atomic E-state index is 0.376. The Bertz CT molecular complexity index is 917. The van der Waals surface area contributed by atoms with E-state index in [1.165, 1.54) is 21.9 Å². The SMILES string of the molecule is c1ccc(CCC(c2ccccn2)P(c2ccccc2)c2ccccc2)cc1. The first kappa shape index (κ1) is 18.6. The van der Waals surface area contributed by atoms with Gasteiger partial charge in [-0.2, -0.15) is 0 Å². The lowest BCUT2D eigenvalue weighted by atomic mass is 10.1. The topological polar surface area (TPSA) is 12.9 Å². The average molecular weight is 381 g/mol.